The van der Waals surface area contributed by atoms with Gasteiger partial charge in [0, 0.05) is 28.7 Å². The third-order valence-corrected chi connectivity index (χ3v) is 8.13. The Labute approximate surface area is 225 Å². The fourth-order valence-electron chi connectivity index (χ4n) is 3.50. The van der Waals surface area contributed by atoms with Crippen molar-refractivity contribution in [3.8, 4) is 0 Å². The van der Waals surface area contributed by atoms with Gasteiger partial charge in [0.1, 0.15) is 12.6 Å². The molecular weight excluding hydrogens is 545 g/mol. The van der Waals surface area contributed by atoms with Crippen LogP contribution in [0.3, 0.4) is 0 Å². The monoisotopic (exact) mass is 567 g/mol. The molecule has 11 heteroatoms. The number of sulfonamides is 1. The normalized spacial score (nSPS) is 12.0. The van der Waals surface area contributed by atoms with Crippen molar-refractivity contribution < 1.29 is 18.0 Å². The van der Waals surface area contributed by atoms with Gasteiger partial charge in [0.25, 0.3) is 10.0 Å². The SMILES string of the molecule is CNC(=O)C(C)N(Cc1ccccc1Cl)C(=O)CN(c1cccc(Cl)c1)S(=O)(=O)c1ccc(Cl)cc1. The molecule has 0 fully saturated rings. The van der Waals surface area contributed by atoms with Gasteiger partial charge >= 0.3 is 0 Å². The number of halogens is 3. The third kappa shape index (κ3) is 6.50. The van der Waals surface area contributed by atoms with Crippen LogP contribution in [0, 0.1) is 0 Å². The summed E-state index contributed by atoms with van der Waals surface area (Å²) >= 11 is 18.4. The molecule has 0 aliphatic carbocycles. The highest BCUT2D eigenvalue weighted by Crippen LogP contribution is 2.28. The van der Waals surface area contributed by atoms with Crippen LogP contribution < -0.4 is 9.62 Å². The molecule has 2 amide bonds. The van der Waals surface area contributed by atoms with Crippen LogP contribution in [0.15, 0.2) is 77.7 Å². The Hall–Kier alpha value is -2.78. The summed E-state index contributed by atoms with van der Waals surface area (Å²) in [5.41, 5.74) is 0.800. The second-order valence-electron chi connectivity index (χ2n) is 7.85. The lowest BCUT2D eigenvalue weighted by Crippen LogP contribution is -2.50. The summed E-state index contributed by atoms with van der Waals surface area (Å²) in [6.07, 6.45) is 0. The van der Waals surface area contributed by atoms with E-state index in [-0.39, 0.29) is 17.1 Å². The van der Waals surface area contributed by atoms with Gasteiger partial charge in [-0.2, -0.15) is 0 Å². The Morgan fingerprint density at radius 1 is 0.917 bits per heavy atom. The summed E-state index contributed by atoms with van der Waals surface area (Å²) in [7, 11) is -2.75. The van der Waals surface area contributed by atoms with Crippen LogP contribution in [-0.4, -0.2) is 44.8 Å². The molecule has 3 aromatic carbocycles. The van der Waals surface area contributed by atoms with Crippen LogP contribution in [-0.2, 0) is 26.2 Å². The molecule has 36 heavy (non-hydrogen) atoms. The van der Waals surface area contributed by atoms with Crippen LogP contribution in [0.1, 0.15) is 12.5 Å². The Balaban J connectivity index is 2.05. The largest absolute Gasteiger partial charge is 0.357 e. The summed E-state index contributed by atoms with van der Waals surface area (Å²) in [6, 6.07) is 17.8. The molecule has 3 aromatic rings. The highest BCUT2D eigenvalue weighted by Gasteiger charge is 2.32. The number of likely N-dealkylation sites (N-methyl/N-ethyl adjacent to an activating group) is 1. The minimum atomic E-state index is -4.21. The highest BCUT2D eigenvalue weighted by molar-refractivity contribution is 7.92. The quantitative estimate of drug-likeness (QED) is 0.393. The lowest BCUT2D eigenvalue weighted by atomic mass is 10.1. The van der Waals surface area contributed by atoms with Crippen molar-refractivity contribution in [2.75, 3.05) is 17.9 Å². The van der Waals surface area contributed by atoms with Crippen LogP contribution in [0.2, 0.25) is 15.1 Å². The van der Waals surface area contributed by atoms with Crippen molar-refractivity contribution in [1.82, 2.24) is 10.2 Å². The lowest BCUT2D eigenvalue weighted by Gasteiger charge is -2.32. The fraction of sp³-hybridized carbons (Fsp3) is 0.200. The van der Waals surface area contributed by atoms with E-state index in [0.717, 1.165) is 4.31 Å². The molecule has 190 valence electrons. The Morgan fingerprint density at radius 3 is 2.19 bits per heavy atom. The summed E-state index contributed by atoms with van der Waals surface area (Å²) in [5, 5.41) is 3.60. The lowest BCUT2D eigenvalue weighted by molar-refractivity contribution is -0.139. The van der Waals surface area contributed by atoms with Gasteiger partial charge in [0.15, 0.2) is 0 Å². The molecule has 0 saturated carbocycles. The maximum absolute atomic E-state index is 13.7. The highest BCUT2D eigenvalue weighted by atomic mass is 35.5. The summed E-state index contributed by atoms with van der Waals surface area (Å²) in [5.74, 6) is -1.02. The van der Waals surface area contributed by atoms with E-state index in [4.69, 9.17) is 34.8 Å². The Morgan fingerprint density at radius 2 is 1.58 bits per heavy atom. The first-order valence-corrected chi connectivity index (χ1v) is 13.4. The third-order valence-electron chi connectivity index (χ3n) is 5.49. The molecule has 0 heterocycles. The zero-order valence-electron chi connectivity index (χ0n) is 19.5. The summed E-state index contributed by atoms with van der Waals surface area (Å²) < 4.78 is 28.3. The van der Waals surface area contributed by atoms with Gasteiger partial charge in [-0.3, -0.25) is 13.9 Å². The summed E-state index contributed by atoms with van der Waals surface area (Å²) in [6.45, 7) is 0.972. The molecule has 0 spiro atoms. The molecule has 1 atom stereocenters. The smallest absolute Gasteiger partial charge is 0.264 e. The fourth-order valence-corrected chi connectivity index (χ4v) is 5.41. The maximum Gasteiger partial charge on any atom is 0.264 e. The van der Waals surface area contributed by atoms with Gasteiger partial charge in [-0.15, -0.1) is 0 Å². The number of anilines is 1. The first-order chi connectivity index (χ1) is 17.0. The topological polar surface area (TPSA) is 86.8 Å². The molecule has 0 saturated heterocycles. The molecular formula is C25H24Cl3N3O4S. The van der Waals surface area contributed by atoms with E-state index in [1.807, 2.05) is 0 Å². The Kier molecular flexibility index (Phi) is 9.24. The van der Waals surface area contributed by atoms with Crippen molar-refractivity contribution in [3.63, 3.8) is 0 Å². The zero-order valence-corrected chi connectivity index (χ0v) is 22.6. The number of rotatable bonds is 9. The molecule has 0 aromatic heterocycles. The maximum atomic E-state index is 13.7. The summed E-state index contributed by atoms with van der Waals surface area (Å²) in [4.78, 5) is 27.4. The molecule has 0 radical (unpaired) electrons. The Bertz CT molecular complexity index is 1350. The van der Waals surface area contributed by atoms with Gasteiger partial charge in [0.2, 0.25) is 11.8 Å². The van der Waals surface area contributed by atoms with Crippen LogP contribution in [0.5, 0.6) is 0 Å². The van der Waals surface area contributed by atoms with Gasteiger partial charge in [-0.1, -0.05) is 59.1 Å². The van der Waals surface area contributed by atoms with Gasteiger partial charge in [0.05, 0.1) is 10.6 Å². The van der Waals surface area contributed by atoms with Crippen LogP contribution in [0.4, 0.5) is 5.69 Å². The minimum Gasteiger partial charge on any atom is -0.357 e. The van der Waals surface area contributed by atoms with Crippen molar-refractivity contribution in [3.05, 3.63) is 93.4 Å². The number of carbonyl (C=O) groups is 2. The van der Waals surface area contributed by atoms with E-state index in [1.165, 1.54) is 48.3 Å². The van der Waals surface area contributed by atoms with Crippen molar-refractivity contribution in [1.29, 1.82) is 0 Å². The predicted octanol–water partition coefficient (Wildman–Crippen LogP) is 5.01. The first-order valence-electron chi connectivity index (χ1n) is 10.8. The second-order valence-corrected chi connectivity index (χ2v) is 11.0. The number of hydrogen-bond acceptors (Lipinski definition) is 4. The van der Waals surface area contributed by atoms with Crippen LogP contribution in [0.25, 0.3) is 0 Å². The molecule has 0 aliphatic rings. The molecule has 7 nitrogen and oxygen atoms in total. The van der Waals surface area contributed by atoms with Gasteiger partial charge < -0.3 is 10.2 Å². The van der Waals surface area contributed by atoms with Crippen LogP contribution >= 0.6 is 34.8 Å². The van der Waals surface area contributed by atoms with Gasteiger partial charge in [-0.05, 0) is 61.0 Å². The second kappa shape index (κ2) is 12.0. The zero-order chi connectivity index (χ0) is 26.5. The van der Waals surface area contributed by atoms with E-state index in [1.54, 1.807) is 43.3 Å². The average molecular weight is 569 g/mol. The van der Waals surface area contributed by atoms with Gasteiger partial charge in [-0.25, -0.2) is 8.42 Å². The van der Waals surface area contributed by atoms with Crippen molar-refractivity contribution >= 4 is 62.3 Å². The number of hydrogen-bond donors (Lipinski definition) is 1. The first kappa shape index (κ1) is 27.8. The van der Waals surface area contributed by atoms with E-state index in [2.05, 4.69) is 5.32 Å². The molecule has 0 aliphatic heterocycles. The van der Waals surface area contributed by atoms with E-state index in [9.17, 15) is 18.0 Å². The average Bonchev–Trinajstić information content (AvgIpc) is 2.85. The number of carbonyl (C=O) groups excluding carboxylic acids is 2. The number of benzene rings is 3. The standard InChI is InChI=1S/C25H24Cl3N3O4S/c1-17(25(33)29-2)30(15-18-6-3-4-9-23(18)28)24(32)16-31(21-8-5-7-20(27)14-21)36(34,35)22-12-10-19(26)11-13-22/h3-14,17H,15-16H2,1-2H3,(H,29,33). The molecule has 0 bridgehead atoms. The van der Waals surface area contributed by atoms with Crippen molar-refractivity contribution in [2.45, 2.75) is 24.4 Å². The molecule has 1 N–H and O–H groups in total. The van der Waals surface area contributed by atoms with Crippen molar-refractivity contribution in [2.24, 2.45) is 0 Å². The number of nitrogens with zero attached hydrogens (tertiary/aromatic N) is 2. The molecule has 1 unspecified atom stereocenters. The number of amides is 2. The van der Waals surface area contributed by atoms with E-state index < -0.39 is 34.4 Å². The number of nitrogens with one attached hydrogen (secondary N) is 1. The predicted molar refractivity (Wildman–Crippen MR) is 143 cm³/mol. The van der Waals surface area contributed by atoms with E-state index >= 15 is 0 Å². The minimum absolute atomic E-state index is 0.00251. The van der Waals surface area contributed by atoms with E-state index in [0.29, 0.717) is 20.6 Å². The molecule has 3 rings (SSSR count).